The van der Waals surface area contributed by atoms with Crippen molar-refractivity contribution < 1.29 is 4.79 Å². The van der Waals surface area contributed by atoms with E-state index in [9.17, 15) is 4.79 Å². The lowest BCUT2D eigenvalue weighted by Gasteiger charge is -2.15. The number of rotatable bonds is 6. The quantitative estimate of drug-likeness (QED) is 0.304. The molecule has 1 heteroatoms. The van der Waals surface area contributed by atoms with Crippen LogP contribution in [0.2, 0.25) is 0 Å². The van der Waals surface area contributed by atoms with E-state index in [1.165, 1.54) is 0 Å². The zero-order chi connectivity index (χ0) is 18.2. The Balaban J connectivity index is 2.29. The van der Waals surface area contributed by atoms with Gasteiger partial charge in [-0.25, -0.2) is 0 Å². The molecule has 0 saturated heterocycles. The van der Waals surface area contributed by atoms with Gasteiger partial charge >= 0.3 is 0 Å². The summed E-state index contributed by atoms with van der Waals surface area (Å²) in [5, 5.41) is 0. The molecule has 0 fully saturated rings. The fourth-order valence-corrected chi connectivity index (χ4v) is 2.92. The maximum absolute atomic E-state index is 11.1. The number of aldehydes is 1. The molecule has 3 aromatic rings. The fraction of sp³-hybridized carbons (Fsp3) is 0.0800. The van der Waals surface area contributed by atoms with E-state index in [0.717, 1.165) is 34.1 Å². The van der Waals surface area contributed by atoms with Crippen LogP contribution < -0.4 is 0 Å². The second-order valence-corrected chi connectivity index (χ2v) is 6.24. The Hall–Kier alpha value is -3.19. The molecule has 3 rings (SSSR count). The van der Waals surface area contributed by atoms with E-state index in [-0.39, 0.29) is 5.92 Å². The SMILES string of the molecule is CC(C=O)C=CC(=C(c1ccccc1)c1ccccc1)c1ccccc1. The molecular weight excluding hydrogens is 316 g/mol. The Kier molecular flexibility index (Phi) is 5.95. The van der Waals surface area contributed by atoms with Gasteiger partial charge < -0.3 is 4.79 Å². The molecule has 0 amide bonds. The normalized spacial score (nSPS) is 11.9. The highest BCUT2D eigenvalue weighted by molar-refractivity contribution is 6.02. The van der Waals surface area contributed by atoms with Crippen LogP contribution in [0.4, 0.5) is 0 Å². The first-order chi connectivity index (χ1) is 12.8. The molecule has 128 valence electrons. The van der Waals surface area contributed by atoms with Gasteiger partial charge in [0.05, 0.1) is 0 Å². The number of hydrogen-bond acceptors (Lipinski definition) is 1. The first-order valence-corrected chi connectivity index (χ1v) is 8.83. The molecule has 0 aromatic heterocycles. The first kappa shape index (κ1) is 17.6. The Morgan fingerprint density at radius 3 is 1.54 bits per heavy atom. The van der Waals surface area contributed by atoms with Crippen molar-refractivity contribution in [1.82, 2.24) is 0 Å². The molecule has 3 aromatic carbocycles. The van der Waals surface area contributed by atoms with Gasteiger partial charge in [-0.3, -0.25) is 0 Å². The maximum Gasteiger partial charge on any atom is 0.126 e. The number of benzene rings is 3. The van der Waals surface area contributed by atoms with E-state index in [1.54, 1.807) is 0 Å². The molecule has 26 heavy (non-hydrogen) atoms. The summed E-state index contributed by atoms with van der Waals surface area (Å²) in [5.74, 6) is -0.124. The average Bonchev–Trinajstić information content (AvgIpc) is 2.72. The molecular formula is C25H22O. The van der Waals surface area contributed by atoms with Crippen LogP contribution in [0.5, 0.6) is 0 Å². The lowest BCUT2D eigenvalue weighted by molar-refractivity contribution is -0.109. The van der Waals surface area contributed by atoms with Gasteiger partial charge in [0.15, 0.2) is 0 Å². The largest absolute Gasteiger partial charge is 0.303 e. The summed E-state index contributed by atoms with van der Waals surface area (Å²) in [4.78, 5) is 11.1. The molecule has 0 bridgehead atoms. The summed E-state index contributed by atoms with van der Waals surface area (Å²) in [6, 6.07) is 31.1. The second kappa shape index (κ2) is 8.77. The van der Waals surface area contributed by atoms with Crippen LogP contribution in [-0.2, 0) is 4.79 Å². The molecule has 0 N–H and O–H groups in total. The topological polar surface area (TPSA) is 17.1 Å². The van der Waals surface area contributed by atoms with Crippen LogP contribution in [0.15, 0.2) is 103 Å². The van der Waals surface area contributed by atoms with Crippen molar-refractivity contribution in [3.63, 3.8) is 0 Å². The third kappa shape index (κ3) is 4.25. The minimum absolute atomic E-state index is 0.124. The molecule has 1 nitrogen and oxygen atoms in total. The highest BCUT2D eigenvalue weighted by atomic mass is 16.1. The van der Waals surface area contributed by atoms with E-state index in [2.05, 4.69) is 66.7 Å². The van der Waals surface area contributed by atoms with Gasteiger partial charge in [-0.05, 0) is 27.8 Å². The van der Waals surface area contributed by atoms with Gasteiger partial charge in [-0.1, -0.05) is 110 Å². The third-order valence-electron chi connectivity index (χ3n) is 4.26. The van der Waals surface area contributed by atoms with Crippen molar-refractivity contribution in [2.45, 2.75) is 6.92 Å². The summed E-state index contributed by atoms with van der Waals surface area (Å²) in [6.45, 7) is 1.90. The Labute approximate surface area is 155 Å². The Morgan fingerprint density at radius 1 is 0.692 bits per heavy atom. The molecule has 1 atom stereocenters. The smallest absolute Gasteiger partial charge is 0.126 e. The van der Waals surface area contributed by atoms with Crippen LogP contribution in [0.25, 0.3) is 11.1 Å². The molecule has 0 spiro atoms. The highest BCUT2D eigenvalue weighted by Gasteiger charge is 2.12. The van der Waals surface area contributed by atoms with E-state index in [4.69, 9.17) is 0 Å². The zero-order valence-corrected chi connectivity index (χ0v) is 14.9. The number of carbonyl (C=O) groups is 1. The lowest BCUT2D eigenvalue weighted by atomic mass is 9.89. The zero-order valence-electron chi connectivity index (χ0n) is 14.9. The van der Waals surface area contributed by atoms with Crippen molar-refractivity contribution in [1.29, 1.82) is 0 Å². The van der Waals surface area contributed by atoms with E-state index in [0.29, 0.717) is 0 Å². The number of carbonyl (C=O) groups excluding carboxylic acids is 1. The second-order valence-electron chi connectivity index (χ2n) is 6.24. The summed E-state index contributed by atoms with van der Waals surface area (Å²) in [5.41, 5.74) is 5.70. The fourth-order valence-electron chi connectivity index (χ4n) is 2.92. The minimum atomic E-state index is -0.124. The summed E-state index contributed by atoms with van der Waals surface area (Å²) in [6.07, 6.45) is 4.99. The van der Waals surface area contributed by atoms with Gasteiger partial charge in [-0.15, -0.1) is 0 Å². The van der Waals surface area contributed by atoms with Crippen LogP contribution in [0.3, 0.4) is 0 Å². The monoisotopic (exact) mass is 338 g/mol. The molecule has 0 aliphatic carbocycles. The van der Waals surface area contributed by atoms with Crippen molar-refractivity contribution in [3.8, 4) is 0 Å². The highest BCUT2D eigenvalue weighted by Crippen LogP contribution is 2.33. The van der Waals surface area contributed by atoms with Crippen LogP contribution >= 0.6 is 0 Å². The summed E-state index contributed by atoms with van der Waals surface area (Å²) < 4.78 is 0. The number of allylic oxidation sites excluding steroid dienone is 3. The van der Waals surface area contributed by atoms with Crippen LogP contribution in [-0.4, -0.2) is 6.29 Å². The average molecular weight is 338 g/mol. The van der Waals surface area contributed by atoms with Gasteiger partial charge in [-0.2, -0.15) is 0 Å². The van der Waals surface area contributed by atoms with Gasteiger partial charge in [0.1, 0.15) is 6.29 Å². The Morgan fingerprint density at radius 2 is 1.12 bits per heavy atom. The minimum Gasteiger partial charge on any atom is -0.303 e. The van der Waals surface area contributed by atoms with E-state index < -0.39 is 0 Å². The van der Waals surface area contributed by atoms with E-state index >= 15 is 0 Å². The van der Waals surface area contributed by atoms with Crippen molar-refractivity contribution in [3.05, 3.63) is 120 Å². The predicted octanol–water partition coefficient (Wildman–Crippen LogP) is 6.04. The summed E-state index contributed by atoms with van der Waals surface area (Å²) >= 11 is 0. The van der Waals surface area contributed by atoms with Gasteiger partial charge in [0.25, 0.3) is 0 Å². The molecule has 1 unspecified atom stereocenters. The van der Waals surface area contributed by atoms with Gasteiger partial charge in [0, 0.05) is 5.92 Å². The van der Waals surface area contributed by atoms with Crippen molar-refractivity contribution >= 4 is 17.4 Å². The molecule has 0 aliphatic heterocycles. The van der Waals surface area contributed by atoms with Crippen molar-refractivity contribution in [2.24, 2.45) is 5.92 Å². The molecule has 0 aliphatic rings. The third-order valence-corrected chi connectivity index (χ3v) is 4.26. The molecule has 0 saturated carbocycles. The number of hydrogen-bond donors (Lipinski definition) is 0. The standard InChI is InChI=1S/C25H22O/c1-20(19-26)17-18-24(21-11-5-2-6-12-21)25(22-13-7-3-8-14-22)23-15-9-4-10-16-23/h2-20H,1H3. The lowest BCUT2D eigenvalue weighted by Crippen LogP contribution is -1.95. The molecule has 0 radical (unpaired) electrons. The van der Waals surface area contributed by atoms with Crippen molar-refractivity contribution in [2.75, 3.05) is 0 Å². The van der Waals surface area contributed by atoms with Crippen LogP contribution in [0, 0.1) is 5.92 Å². The van der Waals surface area contributed by atoms with Gasteiger partial charge in [0.2, 0.25) is 0 Å². The first-order valence-electron chi connectivity index (χ1n) is 8.83. The maximum atomic E-state index is 11.1. The van der Waals surface area contributed by atoms with Crippen LogP contribution in [0.1, 0.15) is 23.6 Å². The Bertz CT molecular complexity index is 849. The van der Waals surface area contributed by atoms with E-state index in [1.807, 2.05) is 43.3 Å². The predicted molar refractivity (Wildman–Crippen MR) is 110 cm³/mol. The summed E-state index contributed by atoms with van der Waals surface area (Å²) in [7, 11) is 0. The molecule has 0 heterocycles.